The van der Waals surface area contributed by atoms with Gasteiger partial charge in [-0.25, -0.2) is 4.39 Å². The van der Waals surface area contributed by atoms with E-state index in [0.717, 1.165) is 7.11 Å². The lowest BCUT2D eigenvalue weighted by Gasteiger charge is -2.27. The third-order valence-electron chi connectivity index (χ3n) is 4.68. The van der Waals surface area contributed by atoms with Gasteiger partial charge in [-0.05, 0) is 36.1 Å². The molecule has 1 aromatic heterocycles. The van der Waals surface area contributed by atoms with Crippen molar-refractivity contribution in [1.82, 2.24) is 5.32 Å². The molecule has 2 unspecified atom stereocenters. The molecule has 3 aromatic rings. The monoisotopic (exact) mass is 411 g/mol. The van der Waals surface area contributed by atoms with E-state index in [1.807, 2.05) is 0 Å². The number of hydrogen-bond acceptors (Lipinski definition) is 4. The molecule has 29 heavy (non-hydrogen) atoms. The Morgan fingerprint density at radius 3 is 2.31 bits per heavy atom. The van der Waals surface area contributed by atoms with E-state index in [1.54, 1.807) is 13.8 Å². The molecule has 0 bridgehead atoms. The Morgan fingerprint density at radius 1 is 1.10 bits per heavy atom. The molecule has 8 heteroatoms. The van der Waals surface area contributed by atoms with E-state index >= 15 is 0 Å². The highest BCUT2D eigenvalue weighted by atomic mass is 19.4. The molecular formula is C21H21F4NO3. The minimum absolute atomic E-state index is 0.0202. The molecule has 0 aliphatic carbocycles. The molecule has 0 amide bonds. The van der Waals surface area contributed by atoms with Crippen molar-refractivity contribution in [3.05, 3.63) is 47.8 Å². The van der Waals surface area contributed by atoms with E-state index in [0.29, 0.717) is 10.8 Å². The van der Waals surface area contributed by atoms with Gasteiger partial charge in [0.25, 0.3) is 0 Å². The van der Waals surface area contributed by atoms with E-state index in [2.05, 4.69) is 10.1 Å². The summed E-state index contributed by atoms with van der Waals surface area (Å²) in [6.07, 6.45) is -4.47. The van der Waals surface area contributed by atoms with Crippen molar-refractivity contribution in [3.8, 4) is 0 Å². The highest BCUT2D eigenvalue weighted by Gasteiger charge is 2.43. The highest BCUT2D eigenvalue weighted by Crippen LogP contribution is 2.37. The van der Waals surface area contributed by atoms with Crippen LogP contribution in [0.4, 0.5) is 17.6 Å². The first-order chi connectivity index (χ1) is 13.6. The first kappa shape index (κ1) is 21.1. The molecule has 0 spiro atoms. The predicted molar refractivity (Wildman–Crippen MR) is 101 cm³/mol. The minimum Gasteiger partial charge on any atom is -0.468 e. The third kappa shape index (κ3) is 4.53. The van der Waals surface area contributed by atoms with Crippen LogP contribution >= 0.6 is 0 Å². The number of fused-ring (bicyclic) bond motifs is 3. The molecule has 0 saturated heterocycles. The summed E-state index contributed by atoms with van der Waals surface area (Å²) in [7, 11) is 1.14. The second-order valence-electron chi connectivity index (χ2n) is 7.34. The molecule has 0 aliphatic rings. The van der Waals surface area contributed by atoms with Crippen molar-refractivity contribution in [3.63, 3.8) is 0 Å². The Balaban J connectivity index is 2.03. The van der Waals surface area contributed by atoms with E-state index in [9.17, 15) is 22.4 Å². The summed E-state index contributed by atoms with van der Waals surface area (Å²) < 4.78 is 65.1. The summed E-state index contributed by atoms with van der Waals surface area (Å²) in [6, 6.07) is 4.85. The number of rotatable bonds is 6. The maximum atomic E-state index is 13.8. The van der Waals surface area contributed by atoms with Gasteiger partial charge in [-0.2, -0.15) is 13.2 Å². The molecule has 0 aliphatic heterocycles. The van der Waals surface area contributed by atoms with Gasteiger partial charge in [0.05, 0.1) is 7.11 Å². The molecule has 0 fully saturated rings. The standard InChI is InChI=1S/C21H21F4NO3/c1-11(2)8-16(20(27)28-3)26-19(21(23,24)25)12-4-6-14-15-7-5-13(22)10-18(15)29-17(14)9-12/h4-7,9-11,16,19,26H,8H2,1-3H3. The van der Waals surface area contributed by atoms with E-state index < -0.39 is 30.0 Å². The Labute approximate surface area is 164 Å². The number of benzene rings is 2. The van der Waals surface area contributed by atoms with Crippen LogP contribution in [0.15, 0.2) is 40.8 Å². The zero-order valence-electron chi connectivity index (χ0n) is 16.1. The van der Waals surface area contributed by atoms with Crippen molar-refractivity contribution < 1.29 is 31.5 Å². The molecule has 1 heterocycles. The Hall–Kier alpha value is -2.61. The van der Waals surface area contributed by atoms with Gasteiger partial charge in [-0.3, -0.25) is 10.1 Å². The van der Waals surface area contributed by atoms with Gasteiger partial charge in [0, 0.05) is 16.8 Å². The van der Waals surface area contributed by atoms with E-state index in [-0.39, 0.29) is 29.1 Å². The Kier molecular flexibility index (Phi) is 5.84. The smallest absolute Gasteiger partial charge is 0.407 e. The Bertz CT molecular complexity index is 1030. The molecule has 0 saturated carbocycles. The summed E-state index contributed by atoms with van der Waals surface area (Å²) in [6.45, 7) is 3.61. The van der Waals surface area contributed by atoms with Crippen molar-refractivity contribution in [2.45, 2.75) is 38.5 Å². The maximum Gasteiger partial charge on any atom is 0.407 e. The zero-order valence-corrected chi connectivity index (χ0v) is 16.1. The largest absolute Gasteiger partial charge is 0.468 e. The lowest BCUT2D eigenvalue weighted by atomic mass is 9.99. The van der Waals surface area contributed by atoms with E-state index in [1.165, 1.54) is 36.4 Å². The summed E-state index contributed by atoms with van der Waals surface area (Å²) in [4.78, 5) is 12.0. The number of furan rings is 1. The van der Waals surface area contributed by atoms with Gasteiger partial charge in [0.2, 0.25) is 0 Å². The van der Waals surface area contributed by atoms with Crippen molar-refractivity contribution in [2.24, 2.45) is 5.92 Å². The average Bonchev–Trinajstić information content (AvgIpc) is 2.99. The number of methoxy groups -OCH3 is 1. The predicted octanol–water partition coefficient (Wildman–Crippen LogP) is 5.51. The lowest BCUT2D eigenvalue weighted by Crippen LogP contribution is -2.45. The zero-order chi connectivity index (χ0) is 21.3. The van der Waals surface area contributed by atoms with Crippen LogP contribution in [-0.2, 0) is 9.53 Å². The number of carbonyl (C=O) groups excluding carboxylic acids is 1. The number of carbonyl (C=O) groups is 1. The number of esters is 1. The molecule has 4 nitrogen and oxygen atoms in total. The summed E-state index contributed by atoms with van der Waals surface area (Å²) >= 11 is 0. The quantitative estimate of drug-likeness (QED) is 0.430. The van der Waals surface area contributed by atoms with Gasteiger partial charge < -0.3 is 9.15 Å². The first-order valence-corrected chi connectivity index (χ1v) is 9.12. The second kappa shape index (κ2) is 8.02. The fourth-order valence-electron chi connectivity index (χ4n) is 3.37. The average molecular weight is 411 g/mol. The number of hydrogen-bond donors (Lipinski definition) is 1. The first-order valence-electron chi connectivity index (χ1n) is 9.12. The summed E-state index contributed by atoms with van der Waals surface area (Å²) in [5.41, 5.74) is 0.348. The fourth-order valence-corrected chi connectivity index (χ4v) is 3.37. The van der Waals surface area contributed by atoms with Crippen molar-refractivity contribution in [1.29, 1.82) is 0 Å². The van der Waals surface area contributed by atoms with Crippen LogP contribution in [0.3, 0.4) is 0 Å². The number of halogens is 4. The molecular weight excluding hydrogens is 390 g/mol. The molecule has 2 aromatic carbocycles. The number of alkyl halides is 3. The van der Waals surface area contributed by atoms with Crippen LogP contribution in [0, 0.1) is 11.7 Å². The van der Waals surface area contributed by atoms with Crippen molar-refractivity contribution in [2.75, 3.05) is 7.11 Å². The van der Waals surface area contributed by atoms with Gasteiger partial charge in [0.1, 0.15) is 29.1 Å². The summed E-state index contributed by atoms with van der Waals surface area (Å²) in [5, 5.41) is 3.59. The second-order valence-corrected chi connectivity index (χ2v) is 7.34. The lowest BCUT2D eigenvalue weighted by molar-refractivity contribution is -0.164. The number of ether oxygens (including phenoxy) is 1. The molecule has 1 N–H and O–H groups in total. The van der Waals surface area contributed by atoms with Gasteiger partial charge in [-0.1, -0.05) is 26.0 Å². The SMILES string of the molecule is COC(=O)C(CC(C)C)NC(c1ccc2c(c1)oc1cc(F)ccc12)C(F)(F)F. The molecule has 2 atom stereocenters. The van der Waals surface area contributed by atoms with Crippen molar-refractivity contribution >= 4 is 27.9 Å². The van der Waals surface area contributed by atoms with Crippen LogP contribution in [0.25, 0.3) is 21.9 Å². The number of nitrogens with one attached hydrogen (secondary N) is 1. The van der Waals surface area contributed by atoms with Crippen LogP contribution in [0.5, 0.6) is 0 Å². The third-order valence-corrected chi connectivity index (χ3v) is 4.68. The van der Waals surface area contributed by atoms with Gasteiger partial charge >= 0.3 is 12.1 Å². The molecule has 156 valence electrons. The van der Waals surface area contributed by atoms with E-state index in [4.69, 9.17) is 4.42 Å². The Morgan fingerprint density at radius 2 is 1.72 bits per heavy atom. The van der Waals surface area contributed by atoms with Crippen LogP contribution in [0.2, 0.25) is 0 Å². The minimum atomic E-state index is -4.66. The topological polar surface area (TPSA) is 51.5 Å². The summed E-state index contributed by atoms with van der Waals surface area (Å²) in [5.74, 6) is -1.28. The van der Waals surface area contributed by atoms with Crippen LogP contribution < -0.4 is 5.32 Å². The molecule has 0 radical (unpaired) electrons. The highest BCUT2D eigenvalue weighted by molar-refractivity contribution is 6.04. The van der Waals surface area contributed by atoms with Crippen LogP contribution in [-0.4, -0.2) is 25.3 Å². The maximum absolute atomic E-state index is 13.8. The van der Waals surface area contributed by atoms with Crippen LogP contribution in [0.1, 0.15) is 31.9 Å². The van der Waals surface area contributed by atoms with Gasteiger partial charge in [-0.15, -0.1) is 0 Å². The molecule has 3 rings (SSSR count). The normalized spacial score (nSPS) is 14.5. The van der Waals surface area contributed by atoms with Gasteiger partial charge in [0.15, 0.2) is 0 Å². The fraction of sp³-hybridized carbons (Fsp3) is 0.381.